The lowest BCUT2D eigenvalue weighted by Gasteiger charge is -2.41. The topological polar surface area (TPSA) is 96.6 Å². The van der Waals surface area contributed by atoms with Crippen LogP contribution in [0.25, 0.3) is 0 Å². The van der Waals surface area contributed by atoms with Gasteiger partial charge in [0.15, 0.2) is 5.88 Å². The minimum Gasteiger partial charge on any atom is -0.494 e. The van der Waals surface area contributed by atoms with Crippen molar-refractivity contribution in [3.63, 3.8) is 0 Å². The lowest BCUT2D eigenvalue weighted by atomic mass is 9.88. The van der Waals surface area contributed by atoms with Gasteiger partial charge in [0.2, 0.25) is 5.91 Å². The third-order valence-electron chi connectivity index (χ3n) is 4.14. The van der Waals surface area contributed by atoms with Gasteiger partial charge in [-0.1, -0.05) is 25.4 Å². The molecule has 1 aliphatic rings. The van der Waals surface area contributed by atoms with Gasteiger partial charge in [0.05, 0.1) is 6.61 Å². The fraction of sp³-hybridized carbons (Fsp3) is 0.412. The molecule has 7 heteroatoms. The van der Waals surface area contributed by atoms with Crippen LogP contribution >= 0.6 is 11.6 Å². The van der Waals surface area contributed by atoms with Gasteiger partial charge in [0.1, 0.15) is 6.04 Å². The highest BCUT2D eigenvalue weighted by Crippen LogP contribution is 2.27. The maximum absolute atomic E-state index is 12.3. The summed E-state index contributed by atoms with van der Waals surface area (Å²) in [5, 5.41) is 30.0. The number of nitrogens with zero attached hydrogens (tertiary/aromatic N) is 1. The average Bonchev–Trinajstić information content (AvgIpc) is 2.47. The standard InChI is InChI=1S/C17H22ClN3O3/c1-17(2,10-22)14(19)9-15(23)20-16(24)13-7-8-21(13)12-5-3-11(18)4-6-12/h3-6,9,13,19,22-23H,7-8,10H2,1-2H3,(H,20,24)/b15-9-,19-14?/t13-/m0/s1. The highest BCUT2D eigenvalue weighted by Gasteiger charge is 2.34. The number of halogens is 1. The van der Waals surface area contributed by atoms with Crippen molar-refractivity contribution in [3.05, 3.63) is 41.2 Å². The van der Waals surface area contributed by atoms with E-state index in [4.69, 9.17) is 17.0 Å². The Bertz CT molecular complexity index is 656. The molecule has 130 valence electrons. The van der Waals surface area contributed by atoms with Crippen LogP contribution in [0.5, 0.6) is 0 Å². The summed E-state index contributed by atoms with van der Waals surface area (Å²) in [5.74, 6) is -0.728. The zero-order valence-electron chi connectivity index (χ0n) is 13.7. The van der Waals surface area contributed by atoms with Gasteiger partial charge >= 0.3 is 0 Å². The van der Waals surface area contributed by atoms with E-state index in [9.17, 15) is 15.0 Å². The molecule has 0 aliphatic carbocycles. The molecule has 0 saturated carbocycles. The SMILES string of the molecule is CC(C)(CO)C(=N)/C=C(\O)NC(=O)[C@@H]1CCN1c1ccc(Cl)cc1. The first-order chi connectivity index (χ1) is 11.2. The molecule has 0 bridgehead atoms. The fourth-order valence-corrected chi connectivity index (χ4v) is 2.39. The van der Waals surface area contributed by atoms with E-state index in [1.807, 2.05) is 17.0 Å². The van der Waals surface area contributed by atoms with E-state index in [-0.39, 0.29) is 24.3 Å². The van der Waals surface area contributed by atoms with E-state index in [0.29, 0.717) is 11.4 Å². The zero-order chi connectivity index (χ0) is 17.9. The van der Waals surface area contributed by atoms with Crippen molar-refractivity contribution in [1.82, 2.24) is 5.32 Å². The quantitative estimate of drug-likeness (QED) is 0.467. The van der Waals surface area contributed by atoms with E-state index in [2.05, 4.69) is 5.32 Å². The average molecular weight is 352 g/mol. The molecule has 1 fully saturated rings. The van der Waals surface area contributed by atoms with E-state index in [1.54, 1.807) is 26.0 Å². The third-order valence-corrected chi connectivity index (χ3v) is 4.39. The molecule has 0 radical (unpaired) electrons. The summed E-state index contributed by atoms with van der Waals surface area (Å²) < 4.78 is 0. The fourth-order valence-electron chi connectivity index (χ4n) is 2.26. The predicted molar refractivity (Wildman–Crippen MR) is 94.7 cm³/mol. The number of allylic oxidation sites excluding steroid dienone is 1. The molecule has 0 aromatic heterocycles. The molecule has 1 aliphatic heterocycles. The Morgan fingerprint density at radius 2 is 2.08 bits per heavy atom. The summed E-state index contributed by atoms with van der Waals surface area (Å²) in [6.45, 7) is 3.87. The smallest absolute Gasteiger partial charge is 0.249 e. The highest BCUT2D eigenvalue weighted by atomic mass is 35.5. The number of hydrogen-bond acceptors (Lipinski definition) is 5. The van der Waals surface area contributed by atoms with E-state index in [0.717, 1.165) is 18.3 Å². The number of carbonyl (C=O) groups excluding carboxylic acids is 1. The first-order valence-corrected chi connectivity index (χ1v) is 8.06. The summed E-state index contributed by atoms with van der Waals surface area (Å²) in [7, 11) is 0. The molecule has 6 nitrogen and oxygen atoms in total. The maximum atomic E-state index is 12.3. The van der Waals surface area contributed by atoms with Gasteiger partial charge in [-0.05, 0) is 30.7 Å². The van der Waals surface area contributed by atoms with Crippen molar-refractivity contribution in [2.75, 3.05) is 18.1 Å². The molecular weight excluding hydrogens is 330 g/mol. The van der Waals surface area contributed by atoms with Crippen LogP contribution in [-0.4, -0.2) is 41.0 Å². The van der Waals surface area contributed by atoms with Crippen LogP contribution in [-0.2, 0) is 4.79 Å². The molecule has 2 rings (SSSR count). The Balaban J connectivity index is 1.99. The third kappa shape index (κ3) is 4.07. The summed E-state index contributed by atoms with van der Waals surface area (Å²) in [6, 6.07) is 6.84. The van der Waals surface area contributed by atoms with Crippen molar-refractivity contribution >= 4 is 28.9 Å². The Labute approximate surface area is 146 Å². The van der Waals surface area contributed by atoms with Crippen molar-refractivity contribution in [2.24, 2.45) is 5.41 Å². The van der Waals surface area contributed by atoms with Gasteiger partial charge in [-0.2, -0.15) is 0 Å². The molecule has 0 spiro atoms. The molecule has 1 aromatic rings. The summed E-state index contributed by atoms with van der Waals surface area (Å²) in [6.07, 6.45) is 1.83. The van der Waals surface area contributed by atoms with Crippen LogP contribution in [0.15, 0.2) is 36.2 Å². The number of amides is 1. The second-order valence-electron chi connectivity index (χ2n) is 6.45. The second-order valence-corrected chi connectivity index (χ2v) is 6.89. The largest absolute Gasteiger partial charge is 0.494 e. The minimum absolute atomic E-state index is 0.0333. The van der Waals surface area contributed by atoms with E-state index >= 15 is 0 Å². The van der Waals surface area contributed by atoms with Crippen LogP contribution < -0.4 is 10.2 Å². The Hall–Kier alpha value is -2.05. The van der Waals surface area contributed by atoms with E-state index < -0.39 is 11.3 Å². The molecule has 1 heterocycles. The maximum Gasteiger partial charge on any atom is 0.249 e. The van der Waals surface area contributed by atoms with Crippen molar-refractivity contribution < 1.29 is 15.0 Å². The van der Waals surface area contributed by atoms with Gasteiger partial charge in [-0.15, -0.1) is 0 Å². The van der Waals surface area contributed by atoms with Crippen LogP contribution in [0.4, 0.5) is 5.69 Å². The second kappa shape index (κ2) is 7.23. The number of benzene rings is 1. The summed E-state index contributed by atoms with van der Waals surface area (Å²) in [5.41, 5.74) is 0.138. The summed E-state index contributed by atoms with van der Waals surface area (Å²) >= 11 is 5.87. The van der Waals surface area contributed by atoms with Crippen molar-refractivity contribution in [1.29, 1.82) is 5.41 Å². The van der Waals surface area contributed by atoms with Crippen LogP contribution in [0.1, 0.15) is 20.3 Å². The van der Waals surface area contributed by atoms with Gasteiger partial charge in [-0.3, -0.25) is 10.1 Å². The molecule has 1 atom stereocenters. The highest BCUT2D eigenvalue weighted by molar-refractivity contribution is 6.30. The number of anilines is 1. The van der Waals surface area contributed by atoms with Gasteiger partial charge in [-0.25, -0.2) is 0 Å². The lowest BCUT2D eigenvalue weighted by molar-refractivity contribution is -0.123. The van der Waals surface area contributed by atoms with Crippen molar-refractivity contribution in [2.45, 2.75) is 26.3 Å². The zero-order valence-corrected chi connectivity index (χ0v) is 14.5. The number of aliphatic hydroxyl groups excluding tert-OH is 2. The molecule has 4 N–H and O–H groups in total. The first kappa shape index (κ1) is 18.3. The van der Waals surface area contributed by atoms with Gasteiger partial charge in [0.25, 0.3) is 0 Å². The number of rotatable bonds is 6. The Morgan fingerprint density at radius 3 is 2.58 bits per heavy atom. The van der Waals surface area contributed by atoms with Crippen LogP contribution in [0.2, 0.25) is 5.02 Å². The Kier molecular flexibility index (Phi) is 5.51. The Morgan fingerprint density at radius 1 is 1.46 bits per heavy atom. The number of carbonyl (C=O) groups is 1. The monoisotopic (exact) mass is 351 g/mol. The van der Waals surface area contributed by atoms with E-state index in [1.165, 1.54) is 0 Å². The number of aliphatic hydroxyl groups is 2. The first-order valence-electron chi connectivity index (χ1n) is 7.68. The summed E-state index contributed by atoms with van der Waals surface area (Å²) in [4.78, 5) is 14.2. The molecular formula is C17H22ClN3O3. The molecule has 0 unspecified atom stereocenters. The number of nitrogens with one attached hydrogen (secondary N) is 2. The molecule has 24 heavy (non-hydrogen) atoms. The minimum atomic E-state index is -0.787. The van der Waals surface area contributed by atoms with Gasteiger partial charge in [0, 0.05) is 34.5 Å². The van der Waals surface area contributed by atoms with Crippen molar-refractivity contribution in [3.8, 4) is 0 Å². The molecule has 1 aromatic carbocycles. The lowest BCUT2D eigenvalue weighted by Crippen LogP contribution is -2.56. The normalized spacial score (nSPS) is 18.1. The molecule has 1 saturated heterocycles. The van der Waals surface area contributed by atoms with Crippen LogP contribution in [0, 0.1) is 10.8 Å². The predicted octanol–water partition coefficient (Wildman–Crippen LogP) is 2.47. The number of hydrogen-bond donors (Lipinski definition) is 4. The van der Waals surface area contributed by atoms with Gasteiger partial charge < -0.3 is 20.5 Å². The molecule has 1 amide bonds. The van der Waals surface area contributed by atoms with Crippen LogP contribution in [0.3, 0.4) is 0 Å².